The van der Waals surface area contributed by atoms with Crippen molar-refractivity contribution in [3.05, 3.63) is 0 Å². The highest BCUT2D eigenvalue weighted by Crippen LogP contribution is 2.61. The first-order chi connectivity index (χ1) is 12.1. The average molecular weight is 345 g/mol. The number of hydrogen-bond donors (Lipinski definition) is 1. The maximum Gasteiger partial charge on any atom is 0.317 e. The van der Waals surface area contributed by atoms with Gasteiger partial charge in [0.2, 0.25) is 5.71 Å². The predicted molar refractivity (Wildman–Crippen MR) is 97.2 cm³/mol. The second-order valence-corrected chi connectivity index (χ2v) is 10.1. The first-order valence-corrected chi connectivity index (χ1v) is 11.0. The summed E-state index contributed by atoms with van der Waals surface area (Å²) in [4.78, 5) is 16.1. The third-order valence-electron chi connectivity index (χ3n) is 8.42. The minimum absolute atomic E-state index is 0.00441. The van der Waals surface area contributed by atoms with Crippen molar-refractivity contribution in [1.29, 1.82) is 0 Å². The van der Waals surface area contributed by atoms with E-state index in [0.29, 0.717) is 17.9 Å². The molecule has 1 atom stereocenters. The highest BCUT2D eigenvalue weighted by molar-refractivity contribution is 6.06. The van der Waals surface area contributed by atoms with Gasteiger partial charge in [-0.3, -0.25) is 4.79 Å². The summed E-state index contributed by atoms with van der Waals surface area (Å²) in [5.41, 5.74) is 1.49. The number of nitrogens with one attached hydrogen (secondary N) is 1. The van der Waals surface area contributed by atoms with E-state index in [0.717, 1.165) is 30.6 Å². The van der Waals surface area contributed by atoms with E-state index < -0.39 is 0 Å². The van der Waals surface area contributed by atoms with E-state index >= 15 is 0 Å². The number of carbonyl (C=O) groups excluding carboxylic acids is 1. The van der Waals surface area contributed by atoms with Crippen LogP contribution in [-0.2, 0) is 9.53 Å². The van der Waals surface area contributed by atoms with E-state index in [-0.39, 0.29) is 11.6 Å². The Hall–Kier alpha value is -0.860. The SMILES string of the molecule is CC[C@H]([NH+]=C1CC(=O)OC12CCCCC2)C12CC3CC(CC(C3)C1)C2. The van der Waals surface area contributed by atoms with Crippen LogP contribution < -0.4 is 4.99 Å². The first kappa shape index (κ1) is 16.3. The molecule has 3 nitrogen and oxygen atoms in total. The standard InChI is InChI=1S/C22H33NO2/c1-2-18(21-12-15-8-16(13-21)10-17(9-15)14-21)23-19-11-20(24)25-22(19)6-4-3-5-7-22/h15-18H,2-14H2,1H3/p+1/t15?,16?,17?,18-,21?/m0/s1. The average Bonchev–Trinajstić information content (AvgIpc) is 2.86. The highest BCUT2D eigenvalue weighted by Gasteiger charge is 2.57. The van der Waals surface area contributed by atoms with Crippen LogP contribution in [0, 0.1) is 23.2 Å². The molecule has 1 saturated heterocycles. The molecule has 6 rings (SSSR count). The predicted octanol–water partition coefficient (Wildman–Crippen LogP) is 3.15. The third kappa shape index (κ3) is 2.59. The number of esters is 1. The molecular weight excluding hydrogens is 310 g/mol. The Morgan fingerprint density at radius 1 is 1.04 bits per heavy atom. The van der Waals surface area contributed by atoms with E-state index in [1.807, 2.05) is 0 Å². The van der Waals surface area contributed by atoms with Crippen molar-refractivity contribution in [1.82, 2.24) is 0 Å². The maximum absolute atomic E-state index is 12.2. The van der Waals surface area contributed by atoms with Crippen molar-refractivity contribution in [2.75, 3.05) is 0 Å². The number of rotatable bonds is 3. The van der Waals surface area contributed by atoms with Crippen LogP contribution in [0.3, 0.4) is 0 Å². The van der Waals surface area contributed by atoms with Crippen molar-refractivity contribution in [3.8, 4) is 0 Å². The van der Waals surface area contributed by atoms with Crippen molar-refractivity contribution >= 4 is 11.7 Å². The lowest BCUT2D eigenvalue weighted by Gasteiger charge is -2.57. The van der Waals surface area contributed by atoms with Gasteiger partial charge in [0.25, 0.3) is 0 Å². The molecule has 25 heavy (non-hydrogen) atoms. The molecule has 4 bridgehead atoms. The Morgan fingerprint density at radius 3 is 2.20 bits per heavy atom. The lowest BCUT2D eigenvalue weighted by Crippen LogP contribution is -2.86. The number of hydrogen-bond acceptors (Lipinski definition) is 2. The molecule has 0 aromatic carbocycles. The van der Waals surface area contributed by atoms with Crippen molar-refractivity contribution in [3.63, 3.8) is 0 Å². The van der Waals surface area contributed by atoms with Gasteiger partial charge in [0, 0.05) is 11.8 Å². The van der Waals surface area contributed by atoms with Crippen LogP contribution in [0.1, 0.15) is 90.4 Å². The zero-order chi connectivity index (χ0) is 17.1. The van der Waals surface area contributed by atoms with Gasteiger partial charge in [-0.05, 0) is 82.0 Å². The molecule has 5 aliphatic carbocycles. The van der Waals surface area contributed by atoms with Gasteiger partial charge in [0.05, 0.1) is 0 Å². The van der Waals surface area contributed by atoms with E-state index in [1.54, 1.807) is 0 Å². The fourth-order valence-corrected chi connectivity index (χ4v) is 7.83. The molecule has 0 amide bonds. The first-order valence-electron chi connectivity index (χ1n) is 11.0. The molecule has 6 aliphatic rings. The second kappa shape index (κ2) is 5.82. The summed E-state index contributed by atoms with van der Waals surface area (Å²) in [5, 5.41) is 0. The zero-order valence-electron chi connectivity index (χ0n) is 15.8. The molecule has 5 saturated carbocycles. The topological polar surface area (TPSA) is 40.3 Å². The molecule has 0 aromatic heterocycles. The van der Waals surface area contributed by atoms with Crippen molar-refractivity contribution in [2.45, 2.75) is 102 Å². The molecule has 0 unspecified atom stereocenters. The van der Waals surface area contributed by atoms with Gasteiger partial charge < -0.3 is 4.74 Å². The van der Waals surface area contributed by atoms with E-state index in [4.69, 9.17) is 4.74 Å². The van der Waals surface area contributed by atoms with Crippen LogP contribution in [0.5, 0.6) is 0 Å². The maximum atomic E-state index is 12.2. The fraction of sp³-hybridized carbons (Fsp3) is 0.909. The summed E-state index contributed by atoms with van der Waals surface area (Å²) < 4.78 is 5.93. The molecule has 1 heterocycles. The molecule has 0 aromatic rings. The minimum atomic E-state index is -0.259. The van der Waals surface area contributed by atoms with E-state index in [1.165, 1.54) is 69.9 Å². The van der Waals surface area contributed by atoms with Crippen LogP contribution >= 0.6 is 0 Å². The Bertz CT molecular complexity index is 552. The summed E-state index contributed by atoms with van der Waals surface area (Å²) in [6.45, 7) is 2.35. The Morgan fingerprint density at radius 2 is 1.64 bits per heavy atom. The summed E-state index contributed by atoms with van der Waals surface area (Å²) in [7, 11) is 0. The van der Waals surface area contributed by atoms with Crippen molar-refractivity contribution in [2.24, 2.45) is 23.2 Å². The molecule has 6 fully saturated rings. The molecule has 1 spiro atoms. The van der Waals surface area contributed by atoms with Gasteiger partial charge in [-0.1, -0.05) is 13.3 Å². The van der Waals surface area contributed by atoms with Gasteiger partial charge in [-0.2, -0.15) is 0 Å². The smallest absolute Gasteiger partial charge is 0.317 e. The Kier molecular flexibility index (Phi) is 3.80. The molecule has 0 radical (unpaired) electrons. The summed E-state index contributed by atoms with van der Waals surface area (Å²) in [5.74, 6) is 2.95. The summed E-state index contributed by atoms with van der Waals surface area (Å²) in [6.07, 6.45) is 16.3. The van der Waals surface area contributed by atoms with Gasteiger partial charge in [0.15, 0.2) is 11.6 Å². The van der Waals surface area contributed by atoms with Gasteiger partial charge in [-0.15, -0.1) is 0 Å². The largest absolute Gasteiger partial charge is 0.448 e. The van der Waals surface area contributed by atoms with E-state index in [9.17, 15) is 4.79 Å². The van der Waals surface area contributed by atoms with Crippen LogP contribution in [0.25, 0.3) is 0 Å². The van der Waals surface area contributed by atoms with Gasteiger partial charge in [0.1, 0.15) is 6.42 Å². The Labute approximate surface area is 152 Å². The zero-order valence-corrected chi connectivity index (χ0v) is 15.8. The molecular formula is C22H34NO2+. The lowest BCUT2D eigenvalue weighted by atomic mass is 9.47. The normalized spacial score (nSPS) is 44.4. The molecule has 1 N–H and O–H groups in total. The quantitative estimate of drug-likeness (QED) is 0.799. The van der Waals surface area contributed by atoms with Crippen LogP contribution in [0.4, 0.5) is 0 Å². The third-order valence-corrected chi connectivity index (χ3v) is 8.42. The molecule has 138 valence electrons. The van der Waals surface area contributed by atoms with Gasteiger partial charge >= 0.3 is 5.97 Å². The minimum Gasteiger partial charge on any atom is -0.448 e. The monoisotopic (exact) mass is 344 g/mol. The van der Waals surface area contributed by atoms with E-state index in [2.05, 4.69) is 11.9 Å². The number of carbonyl (C=O) groups is 1. The fourth-order valence-electron chi connectivity index (χ4n) is 7.83. The summed E-state index contributed by atoms with van der Waals surface area (Å²) >= 11 is 0. The number of ether oxygens (including phenoxy) is 1. The van der Waals surface area contributed by atoms with Crippen molar-refractivity contribution < 1.29 is 14.5 Å². The summed E-state index contributed by atoms with van der Waals surface area (Å²) in [6, 6.07) is 0.546. The van der Waals surface area contributed by atoms with Gasteiger partial charge in [-0.25, -0.2) is 4.99 Å². The van der Waals surface area contributed by atoms with Crippen LogP contribution in [0.15, 0.2) is 0 Å². The molecule has 3 heteroatoms. The Balaban J connectivity index is 1.46. The van der Waals surface area contributed by atoms with Crippen LogP contribution in [-0.4, -0.2) is 23.3 Å². The lowest BCUT2D eigenvalue weighted by molar-refractivity contribution is -0.536. The van der Waals surface area contributed by atoms with Crippen LogP contribution in [0.2, 0.25) is 0 Å². The highest BCUT2D eigenvalue weighted by atomic mass is 16.6. The second-order valence-electron chi connectivity index (χ2n) is 10.1. The molecule has 1 aliphatic heterocycles.